The van der Waals surface area contributed by atoms with E-state index in [1.165, 1.54) is 22.4 Å². The van der Waals surface area contributed by atoms with Crippen LogP contribution in [0.3, 0.4) is 0 Å². The van der Waals surface area contributed by atoms with Crippen LogP contribution in [0.5, 0.6) is 0 Å². The fourth-order valence-corrected chi connectivity index (χ4v) is 2.59. The lowest BCUT2D eigenvalue weighted by Gasteiger charge is -2.06. The van der Waals surface area contributed by atoms with Gasteiger partial charge >= 0.3 is 0 Å². The van der Waals surface area contributed by atoms with Crippen LogP contribution in [0, 0.1) is 5.82 Å². The first kappa shape index (κ1) is 12.9. The Hall–Kier alpha value is -2.15. The minimum atomic E-state index is -0.194. The van der Waals surface area contributed by atoms with Gasteiger partial charge in [-0.25, -0.2) is 4.39 Å². The van der Waals surface area contributed by atoms with Crippen LogP contribution in [-0.4, -0.2) is 0 Å². The van der Waals surface area contributed by atoms with E-state index in [1.54, 1.807) is 12.1 Å². The lowest BCUT2D eigenvalue weighted by atomic mass is 9.99. The molecule has 0 aliphatic carbocycles. The van der Waals surface area contributed by atoms with E-state index in [9.17, 15) is 4.39 Å². The van der Waals surface area contributed by atoms with E-state index < -0.39 is 0 Å². The number of halogens is 1. The van der Waals surface area contributed by atoms with Crippen molar-refractivity contribution in [2.24, 2.45) is 0 Å². The Kier molecular flexibility index (Phi) is 3.51. The predicted octanol–water partition coefficient (Wildman–Crippen LogP) is 5.60. The highest BCUT2D eigenvalue weighted by molar-refractivity contribution is 5.87. The maximum absolute atomic E-state index is 13.3. The Morgan fingerprint density at radius 3 is 2.35 bits per heavy atom. The summed E-state index contributed by atoms with van der Waals surface area (Å²) < 4.78 is 13.3. The van der Waals surface area contributed by atoms with Crippen LogP contribution in [0.1, 0.15) is 18.9 Å². The van der Waals surface area contributed by atoms with Gasteiger partial charge in [0.15, 0.2) is 0 Å². The Balaban J connectivity index is 2.05. The fourth-order valence-electron chi connectivity index (χ4n) is 2.59. The van der Waals surface area contributed by atoms with Crippen molar-refractivity contribution in [1.82, 2.24) is 0 Å². The lowest BCUT2D eigenvalue weighted by Crippen LogP contribution is -1.84. The van der Waals surface area contributed by atoms with E-state index in [4.69, 9.17) is 0 Å². The van der Waals surface area contributed by atoms with Crippen molar-refractivity contribution in [3.8, 4) is 11.1 Å². The van der Waals surface area contributed by atoms with Crippen LogP contribution in [0.2, 0.25) is 0 Å². The molecule has 0 bridgehead atoms. The monoisotopic (exact) mass is 264 g/mol. The molecule has 3 rings (SSSR count). The van der Waals surface area contributed by atoms with Gasteiger partial charge in [0.1, 0.15) is 5.82 Å². The zero-order valence-electron chi connectivity index (χ0n) is 11.6. The van der Waals surface area contributed by atoms with E-state index >= 15 is 0 Å². The van der Waals surface area contributed by atoms with E-state index in [1.807, 2.05) is 6.07 Å². The molecule has 0 aliphatic heterocycles. The van der Waals surface area contributed by atoms with E-state index in [-0.39, 0.29) is 5.82 Å². The molecule has 0 radical (unpaired) electrons. The van der Waals surface area contributed by atoms with Gasteiger partial charge in [-0.05, 0) is 52.1 Å². The third kappa shape index (κ3) is 2.57. The molecule has 0 aromatic heterocycles. The van der Waals surface area contributed by atoms with Crippen LogP contribution < -0.4 is 0 Å². The zero-order chi connectivity index (χ0) is 13.9. The van der Waals surface area contributed by atoms with Gasteiger partial charge in [0.25, 0.3) is 0 Å². The number of aryl methyl sites for hydroxylation is 1. The van der Waals surface area contributed by atoms with E-state index in [0.29, 0.717) is 0 Å². The molecule has 0 nitrogen and oxygen atoms in total. The molecule has 1 heteroatoms. The second-order valence-electron chi connectivity index (χ2n) is 5.16. The Morgan fingerprint density at radius 1 is 0.800 bits per heavy atom. The van der Waals surface area contributed by atoms with Crippen LogP contribution in [0.15, 0.2) is 60.7 Å². The van der Waals surface area contributed by atoms with Crippen LogP contribution in [-0.2, 0) is 6.42 Å². The summed E-state index contributed by atoms with van der Waals surface area (Å²) in [4.78, 5) is 0. The summed E-state index contributed by atoms with van der Waals surface area (Å²) in [5.41, 5.74) is 3.35. The van der Waals surface area contributed by atoms with Crippen molar-refractivity contribution < 1.29 is 4.39 Å². The topological polar surface area (TPSA) is 0 Å². The molecule has 0 N–H and O–H groups in total. The molecule has 0 saturated carbocycles. The summed E-state index contributed by atoms with van der Waals surface area (Å²) >= 11 is 0. The summed E-state index contributed by atoms with van der Waals surface area (Å²) in [7, 11) is 0. The number of hydrogen-bond donors (Lipinski definition) is 0. The quantitative estimate of drug-likeness (QED) is 0.577. The molecular weight excluding hydrogens is 247 g/mol. The van der Waals surface area contributed by atoms with Gasteiger partial charge in [0.2, 0.25) is 0 Å². The molecule has 3 aromatic rings. The van der Waals surface area contributed by atoms with Gasteiger partial charge in [-0.2, -0.15) is 0 Å². The first-order valence-electron chi connectivity index (χ1n) is 7.05. The number of hydrogen-bond acceptors (Lipinski definition) is 0. The second-order valence-corrected chi connectivity index (χ2v) is 5.16. The van der Waals surface area contributed by atoms with E-state index in [0.717, 1.165) is 24.0 Å². The lowest BCUT2D eigenvalue weighted by molar-refractivity contribution is 0.628. The fraction of sp³-hybridized carbons (Fsp3) is 0.158. The molecule has 0 amide bonds. The Labute approximate surface area is 118 Å². The van der Waals surface area contributed by atoms with Crippen molar-refractivity contribution >= 4 is 10.8 Å². The van der Waals surface area contributed by atoms with Gasteiger partial charge in [0.05, 0.1) is 0 Å². The van der Waals surface area contributed by atoms with Crippen molar-refractivity contribution in [3.63, 3.8) is 0 Å². The van der Waals surface area contributed by atoms with Gasteiger partial charge in [-0.3, -0.25) is 0 Å². The van der Waals surface area contributed by atoms with Crippen molar-refractivity contribution in [2.75, 3.05) is 0 Å². The minimum Gasteiger partial charge on any atom is -0.207 e. The van der Waals surface area contributed by atoms with Crippen molar-refractivity contribution in [3.05, 3.63) is 72.0 Å². The van der Waals surface area contributed by atoms with Crippen LogP contribution in [0.25, 0.3) is 21.9 Å². The molecular formula is C19H17F. The van der Waals surface area contributed by atoms with Crippen molar-refractivity contribution in [2.45, 2.75) is 19.8 Å². The Bertz CT molecular complexity index is 744. The van der Waals surface area contributed by atoms with Crippen LogP contribution in [0.4, 0.5) is 4.39 Å². The normalized spacial score (nSPS) is 10.9. The molecule has 0 fully saturated rings. The van der Waals surface area contributed by atoms with Gasteiger partial charge < -0.3 is 0 Å². The molecule has 100 valence electrons. The highest BCUT2D eigenvalue weighted by Crippen LogP contribution is 2.26. The SMILES string of the molecule is CCCc1ccc2cc(-c3cccc(F)c3)ccc2c1. The highest BCUT2D eigenvalue weighted by Gasteiger charge is 2.02. The molecule has 20 heavy (non-hydrogen) atoms. The first-order chi connectivity index (χ1) is 9.76. The molecule has 0 atom stereocenters. The predicted molar refractivity (Wildman–Crippen MR) is 83.3 cm³/mol. The van der Waals surface area contributed by atoms with Crippen LogP contribution >= 0.6 is 0 Å². The maximum atomic E-state index is 13.3. The standard InChI is InChI=1S/C19H17F/c1-2-4-14-7-8-17-12-18(10-9-16(17)11-14)15-5-3-6-19(20)13-15/h3,5-13H,2,4H2,1H3. The molecule has 3 aromatic carbocycles. The third-order valence-corrected chi connectivity index (χ3v) is 3.60. The summed E-state index contributed by atoms with van der Waals surface area (Å²) in [6.07, 6.45) is 2.27. The number of benzene rings is 3. The summed E-state index contributed by atoms with van der Waals surface area (Å²) in [6, 6.07) is 19.6. The molecule has 0 aliphatic rings. The zero-order valence-corrected chi connectivity index (χ0v) is 11.6. The van der Waals surface area contributed by atoms with Gasteiger partial charge in [-0.1, -0.05) is 55.8 Å². The van der Waals surface area contributed by atoms with E-state index in [2.05, 4.69) is 43.3 Å². The number of rotatable bonds is 3. The average Bonchev–Trinajstić information content (AvgIpc) is 2.47. The van der Waals surface area contributed by atoms with Gasteiger partial charge in [-0.15, -0.1) is 0 Å². The maximum Gasteiger partial charge on any atom is 0.123 e. The summed E-state index contributed by atoms with van der Waals surface area (Å²) in [6.45, 7) is 2.19. The number of fused-ring (bicyclic) bond motifs is 1. The highest BCUT2D eigenvalue weighted by atomic mass is 19.1. The molecule has 0 saturated heterocycles. The second kappa shape index (κ2) is 5.46. The minimum absolute atomic E-state index is 0.194. The average molecular weight is 264 g/mol. The summed E-state index contributed by atoms with van der Waals surface area (Å²) in [5.74, 6) is -0.194. The smallest absolute Gasteiger partial charge is 0.123 e. The van der Waals surface area contributed by atoms with Crippen molar-refractivity contribution in [1.29, 1.82) is 0 Å². The first-order valence-corrected chi connectivity index (χ1v) is 7.05. The largest absolute Gasteiger partial charge is 0.207 e. The molecule has 0 heterocycles. The Morgan fingerprint density at radius 2 is 1.55 bits per heavy atom. The van der Waals surface area contributed by atoms with Gasteiger partial charge in [0, 0.05) is 0 Å². The molecule has 0 unspecified atom stereocenters. The molecule has 0 spiro atoms. The summed E-state index contributed by atoms with van der Waals surface area (Å²) in [5, 5.41) is 2.45. The third-order valence-electron chi connectivity index (χ3n) is 3.60.